The van der Waals surface area contributed by atoms with Crippen molar-refractivity contribution in [3.05, 3.63) is 47.8 Å². The van der Waals surface area contributed by atoms with Crippen molar-refractivity contribution >= 4 is 5.69 Å². The van der Waals surface area contributed by atoms with Crippen molar-refractivity contribution in [2.75, 3.05) is 18.1 Å². The van der Waals surface area contributed by atoms with Crippen molar-refractivity contribution in [2.45, 2.75) is 19.9 Å². The molecule has 1 heterocycles. The Hall–Kier alpha value is -1.81. The number of aliphatic hydroxyl groups is 1. The Kier molecular flexibility index (Phi) is 4.36. The van der Waals surface area contributed by atoms with Gasteiger partial charge in [-0.2, -0.15) is 5.10 Å². The summed E-state index contributed by atoms with van der Waals surface area (Å²) in [6.45, 7) is 3.63. The molecule has 0 aliphatic rings. The van der Waals surface area contributed by atoms with Crippen LogP contribution in [0.2, 0.25) is 0 Å². The van der Waals surface area contributed by atoms with E-state index in [1.165, 1.54) is 5.56 Å². The van der Waals surface area contributed by atoms with Gasteiger partial charge in [-0.25, -0.2) is 0 Å². The molecule has 2 rings (SSSR count). The molecule has 96 valence electrons. The van der Waals surface area contributed by atoms with Gasteiger partial charge in [-0.1, -0.05) is 37.3 Å². The first-order valence-corrected chi connectivity index (χ1v) is 6.27. The predicted octanol–water partition coefficient (Wildman–Crippen LogP) is 1.97. The molecule has 0 bridgehead atoms. The molecule has 0 aliphatic carbocycles. The lowest BCUT2D eigenvalue weighted by atomic mass is 10.2. The van der Waals surface area contributed by atoms with Gasteiger partial charge in [0.2, 0.25) is 0 Å². The van der Waals surface area contributed by atoms with Crippen LogP contribution < -0.4 is 4.90 Å². The first kappa shape index (κ1) is 12.6. The molecule has 1 aromatic heterocycles. The van der Waals surface area contributed by atoms with Crippen LogP contribution >= 0.6 is 0 Å². The average Bonchev–Trinajstić information content (AvgIpc) is 2.87. The first-order chi connectivity index (χ1) is 8.85. The van der Waals surface area contributed by atoms with Crippen LogP contribution in [0.1, 0.15) is 18.2 Å². The monoisotopic (exact) mass is 245 g/mol. The van der Waals surface area contributed by atoms with E-state index in [4.69, 9.17) is 0 Å². The van der Waals surface area contributed by atoms with Crippen LogP contribution in [0.25, 0.3) is 0 Å². The molecule has 0 fully saturated rings. The minimum absolute atomic E-state index is 0.140. The van der Waals surface area contributed by atoms with Gasteiger partial charge in [-0.05, 0) is 12.0 Å². The highest BCUT2D eigenvalue weighted by Gasteiger charge is 2.12. The van der Waals surface area contributed by atoms with Gasteiger partial charge in [0.25, 0.3) is 0 Å². The van der Waals surface area contributed by atoms with E-state index < -0.39 is 0 Å². The minimum Gasteiger partial charge on any atom is -0.395 e. The Morgan fingerprint density at radius 3 is 2.72 bits per heavy atom. The van der Waals surface area contributed by atoms with Crippen molar-refractivity contribution in [1.29, 1.82) is 0 Å². The van der Waals surface area contributed by atoms with E-state index in [-0.39, 0.29) is 6.61 Å². The number of aryl methyl sites for hydroxylation is 1. The largest absolute Gasteiger partial charge is 0.395 e. The van der Waals surface area contributed by atoms with Crippen molar-refractivity contribution in [1.82, 2.24) is 10.2 Å². The second-order valence-electron chi connectivity index (χ2n) is 4.22. The Bertz CT molecular complexity index is 467. The lowest BCUT2D eigenvalue weighted by Crippen LogP contribution is -2.26. The molecule has 0 saturated heterocycles. The fourth-order valence-electron chi connectivity index (χ4n) is 2.05. The van der Waals surface area contributed by atoms with Gasteiger partial charge in [0.1, 0.15) is 0 Å². The third-order valence-electron chi connectivity index (χ3n) is 2.98. The molecular formula is C14H19N3O. The molecule has 0 amide bonds. The Labute approximate surface area is 107 Å². The molecule has 0 spiro atoms. The molecule has 1 aromatic carbocycles. The second-order valence-corrected chi connectivity index (χ2v) is 4.22. The maximum absolute atomic E-state index is 9.20. The van der Waals surface area contributed by atoms with Crippen LogP contribution in [0.4, 0.5) is 5.69 Å². The number of aromatic nitrogens is 2. The Morgan fingerprint density at radius 1 is 1.28 bits per heavy atom. The highest BCUT2D eigenvalue weighted by molar-refractivity contribution is 5.49. The number of anilines is 1. The standard InChI is InChI=1S/C14H19N3O/c1-2-13-14(10-15-16-13)17(8-9-18)11-12-6-4-3-5-7-12/h3-7,10,18H,2,8-9,11H2,1H3,(H,15,16). The van der Waals surface area contributed by atoms with E-state index in [2.05, 4.69) is 34.2 Å². The number of benzene rings is 1. The summed E-state index contributed by atoms with van der Waals surface area (Å²) in [6.07, 6.45) is 2.74. The third-order valence-corrected chi connectivity index (χ3v) is 2.98. The molecular weight excluding hydrogens is 226 g/mol. The van der Waals surface area contributed by atoms with E-state index in [1.807, 2.05) is 24.4 Å². The predicted molar refractivity (Wildman–Crippen MR) is 72.5 cm³/mol. The zero-order valence-electron chi connectivity index (χ0n) is 10.6. The summed E-state index contributed by atoms with van der Waals surface area (Å²) in [5.41, 5.74) is 3.42. The van der Waals surface area contributed by atoms with Crippen molar-refractivity contribution in [3.8, 4) is 0 Å². The normalized spacial score (nSPS) is 10.6. The summed E-state index contributed by atoms with van der Waals surface area (Å²) in [7, 11) is 0. The number of hydrogen-bond acceptors (Lipinski definition) is 3. The molecule has 4 nitrogen and oxygen atoms in total. The Balaban J connectivity index is 2.18. The van der Waals surface area contributed by atoms with Crippen LogP contribution in [-0.4, -0.2) is 28.5 Å². The van der Waals surface area contributed by atoms with Gasteiger partial charge in [0, 0.05) is 13.1 Å². The van der Waals surface area contributed by atoms with Crippen LogP contribution in [0.3, 0.4) is 0 Å². The van der Waals surface area contributed by atoms with Gasteiger partial charge >= 0.3 is 0 Å². The number of aliphatic hydroxyl groups excluding tert-OH is 1. The minimum atomic E-state index is 0.140. The third kappa shape index (κ3) is 2.90. The second kappa shape index (κ2) is 6.21. The van der Waals surface area contributed by atoms with Gasteiger partial charge in [0.05, 0.1) is 24.2 Å². The summed E-state index contributed by atoms with van der Waals surface area (Å²) in [5, 5.41) is 16.3. The molecule has 0 radical (unpaired) electrons. The van der Waals surface area contributed by atoms with Gasteiger partial charge < -0.3 is 10.0 Å². The Morgan fingerprint density at radius 2 is 2.06 bits per heavy atom. The van der Waals surface area contributed by atoms with E-state index in [1.54, 1.807) is 0 Å². The van der Waals surface area contributed by atoms with Gasteiger partial charge in [-0.15, -0.1) is 0 Å². The molecule has 0 atom stereocenters. The first-order valence-electron chi connectivity index (χ1n) is 6.27. The quantitative estimate of drug-likeness (QED) is 0.818. The van der Waals surface area contributed by atoms with Crippen molar-refractivity contribution in [3.63, 3.8) is 0 Å². The summed E-state index contributed by atoms with van der Waals surface area (Å²) in [4.78, 5) is 2.15. The lowest BCUT2D eigenvalue weighted by molar-refractivity contribution is 0.301. The zero-order chi connectivity index (χ0) is 12.8. The van der Waals surface area contributed by atoms with E-state index in [0.717, 1.165) is 24.3 Å². The van der Waals surface area contributed by atoms with Crippen molar-refractivity contribution in [2.24, 2.45) is 0 Å². The molecule has 4 heteroatoms. The van der Waals surface area contributed by atoms with Crippen LogP contribution in [0, 0.1) is 0 Å². The smallest absolute Gasteiger partial charge is 0.0786 e. The zero-order valence-corrected chi connectivity index (χ0v) is 10.6. The molecule has 0 unspecified atom stereocenters. The topological polar surface area (TPSA) is 52.2 Å². The molecule has 18 heavy (non-hydrogen) atoms. The van der Waals surface area contributed by atoms with Gasteiger partial charge in [0.15, 0.2) is 0 Å². The van der Waals surface area contributed by atoms with E-state index in [9.17, 15) is 5.11 Å². The summed E-state index contributed by atoms with van der Waals surface area (Å²) >= 11 is 0. The molecule has 2 aromatic rings. The van der Waals surface area contributed by atoms with Crippen LogP contribution in [0.5, 0.6) is 0 Å². The average molecular weight is 245 g/mol. The number of nitrogens with zero attached hydrogens (tertiary/aromatic N) is 2. The number of nitrogens with one attached hydrogen (secondary N) is 1. The number of rotatable bonds is 6. The van der Waals surface area contributed by atoms with Crippen molar-refractivity contribution < 1.29 is 5.11 Å². The maximum Gasteiger partial charge on any atom is 0.0786 e. The summed E-state index contributed by atoms with van der Waals surface area (Å²) in [5.74, 6) is 0. The summed E-state index contributed by atoms with van der Waals surface area (Å²) < 4.78 is 0. The van der Waals surface area contributed by atoms with E-state index >= 15 is 0 Å². The lowest BCUT2D eigenvalue weighted by Gasteiger charge is -2.23. The fourth-order valence-corrected chi connectivity index (χ4v) is 2.05. The molecule has 2 N–H and O–H groups in total. The fraction of sp³-hybridized carbons (Fsp3) is 0.357. The highest BCUT2D eigenvalue weighted by atomic mass is 16.3. The number of H-pyrrole nitrogens is 1. The maximum atomic E-state index is 9.20. The van der Waals surface area contributed by atoms with E-state index in [0.29, 0.717) is 6.54 Å². The SMILES string of the molecule is CCc1[nH]ncc1N(CCO)Cc1ccccc1. The van der Waals surface area contributed by atoms with Crippen LogP contribution in [0.15, 0.2) is 36.5 Å². The number of aromatic amines is 1. The number of hydrogen-bond donors (Lipinski definition) is 2. The van der Waals surface area contributed by atoms with Crippen LogP contribution in [-0.2, 0) is 13.0 Å². The summed E-state index contributed by atoms with van der Waals surface area (Å²) in [6, 6.07) is 10.3. The highest BCUT2D eigenvalue weighted by Crippen LogP contribution is 2.20. The van der Waals surface area contributed by atoms with Gasteiger partial charge in [-0.3, -0.25) is 5.10 Å². The molecule has 0 aliphatic heterocycles. The molecule has 0 saturated carbocycles.